The van der Waals surface area contributed by atoms with Crippen molar-refractivity contribution in [2.24, 2.45) is 0 Å². The average Bonchev–Trinajstić information content (AvgIpc) is 3.07. The predicted molar refractivity (Wildman–Crippen MR) is 86.2 cm³/mol. The molecule has 130 valence electrons. The largest absolute Gasteiger partial charge is 0.507 e. The van der Waals surface area contributed by atoms with E-state index in [0.717, 1.165) is 12.5 Å². The topological polar surface area (TPSA) is 90.3 Å². The maximum Gasteiger partial charge on any atom is 0.258 e. The Labute approximate surface area is 144 Å². The molecule has 2 amide bonds. The van der Waals surface area contributed by atoms with Crippen LogP contribution < -0.4 is 0 Å². The highest BCUT2D eigenvalue weighted by Crippen LogP contribution is 2.33. The summed E-state index contributed by atoms with van der Waals surface area (Å²) in [5.41, 5.74) is -0.0144. The fraction of sp³-hybridized carbons (Fsp3) is 0.500. The van der Waals surface area contributed by atoms with Crippen LogP contribution in [0.15, 0.2) is 12.1 Å². The summed E-state index contributed by atoms with van der Waals surface area (Å²) >= 11 is 5.84. The highest BCUT2D eigenvalue weighted by atomic mass is 35.5. The summed E-state index contributed by atoms with van der Waals surface area (Å²) in [5, 5.41) is 19.4. The van der Waals surface area contributed by atoms with Crippen molar-refractivity contribution < 1.29 is 24.5 Å². The quantitative estimate of drug-likeness (QED) is 0.833. The Kier molecular flexibility index (Phi) is 4.82. The Bertz CT molecular complexity index is 660. The maximum absolute atomic E-state index is 12.8. The summed E-state index contributed by atoms with van der Waals surface area (Å²) in [6.45, 7) is 2.49. The highest BCUT2D eigenvalue weighted by molar-refractivity contribution is 6.32. The minimum Gasteiger partial charge on any atom is -0.507 e. The number of carbonyl (C=O) groups excluding carboxylic acids is 2. The van der Waals surface area contributed by atoms with Gasteiger partial charge in [0.2, 0.25) is 5.91 Å². The summed E-state index contributed by atoms with van der Waals surface area (Å²) in [4.78, 5) is 28.6. The third-order valence-corrected chi connectivity index (χ3v) is 4.72. The number of hydrogen-bond acceptors (Lipinski definition) is 5. The summed E-state index contributed by atoms with van der Waals surface area (Å²) in [7, 11) is 0. The van der Waals surface area contributed by atoms with Crippen LogP contribution in [0.2, 0.25) is 5.02 Å². The molecule has 2 fully saturated rings. The van der Waals surface area contributed by atoms with Gasteiger partial charge in [-0.05, 0) is 18.9 Å². The smallest absolute Gasteiger partial charge is 0.258 e. The van der Waals surface area contributed by atoms with Crippen LogP contribution in [0.5, 0.6) is 11.5 Å². The van der Waals surface area contributed by atoms with Gasteiger partial charge in [-0.2, -0.15) is 0 Å². The summed E-state index contributed by atoms with van der Waals surface area (Å²) in [6.07, 6.45) is 1.31. The molecule has 7 nitrogen and oxygen atoms in total. The van der Waals surface area contributed by atoms with Crippen LogP contribution in [-0.2, 0) is 9.53 Å². The number of phenolic OH excluding ortho intramolecular Hbond substituents is 2. The molecule has 0 radical (unpaired) electrons. The van der Waals surface area contributed by atoms with Crippen molar-refractivity contribution in [3.8, 4) is 11.5 Å². The molecule has 24 heavy (non-hydrogen) atoms. The molecule has 0 unspecified atom stereocenters. The van der Waals surface area contributed by atoms with E-state index >= 15 is 0 Å². The van der Waals surface area contributed by atoms with Gasteiger partial charge in [-0.15, -0.1) is 0 Å². The first-order valence-corrected chi connectivity index (χ1v) is 8.26. The van der Waals surface area contributed by atoms with Crippen molar-refractivity contribution in [1.29, 1.82) is 0 Å². The lowest BCUT2D eigenvalue weighted by Crippen LogP contribution is -2.51. The van der Waals surface area contributed by atoms with Crippen molar-refractivity contribution in [1.82, 2.24) is 9.80 Å². The van der Waals surface area contributed by atoms with Crippen LogP contribution >= 0.6 is 11.6 Å². The molecule has 0 saturated carbocycles. The molecule has 0 aliphatic carbocycles. The van der Waals surface area contributed by atoms with Crippen LogP contribution in [-0.4, -0.2) is 70.7 Å². The second kappa shape index (κ2) is 6.86. The van der Waals surface area contributed by atoms with E-state index in [-0.39, 0.29) is 28.0 Å². The third-order valence-electron chi connectivity index (χ3n) is 4.42. The van der Waals surface area contributed by atoms with Crippen molar-refractivity contribution in [3.63, 3.8) is 0 Å². The van der Waals surface area contributed by atoms with E-state index < -0.39 is 11.9 Å². The van der Waals surface area contributed by atoms with Crippen LogP contribution in [0.3, 0.4) is 0 Å². The van der Waals surface area contributed by atoms with Gasteiger partial charge < -0.3 is 24.7 Å². The van der Waals surface area contributed by atoms with Gasteiger partial charge in [0.15, 0.2) is 0 Å². The molecule has 0 aromatic heterocycles. The fourth-order valence-electron chi connectivity index (χ4n) is 3.14. The molecular weight excluding hydrogens is 336 g/mol. The van der Waals surface area contributed by atoms with Gasteiger partial charge in [-0.3, -0.25) is 9.59 Å². The van der Waals surface area contributed by atoms with Gasteiger partial charge in [-0.25, -0.2) is 0 Å². The van der Waals surface area contributed by atoms with Gasteiger partial charge in [0.05, 0.1) is 23.8 Å². The van der Waals surface area contributed by atoms with E-state index in [0.29, 0.717) is 39.3 Å². The zero-order valence-corrected chi connectivity index (χ0v) is 13.8. The normalized spacial score (nSPS) is 21.1. The van der Waals surface area contributed by atoms with Gasteiger partial charge in [-0.1, -0.05) is 11.6 Å². The standard InChI is InChI=1S/C16H19ClN2O5/c17-11-8-10(13(20)9-14(11)21)15(22)19-3-1-2-12(19)16(23)18-4-6-24-7-5-18/h8-9,12,20-21H,1-7H2/t12-/m1/s1. The van der Waals surface area contributed by atoms with Crippen molar-refractivity contribution in [2.45, 2.75) is 18.9 Å². The molecule has 1 atom stereocenters. The van der Waals surface area contributed by atoms with Crippen LogP contribution in [0.1, 0.15) is 23.2 Å². The summed E-state index contributed by atoms with van der Waals surface area (Å²) in [5.74, 6) is -1.20. The Morgan fingerprint density at radius 2 is 1.83 bits per heavy atom. The Hall–Kier alpha value is -1.99. The lowest BCUT2D eigenvalue weighted by atomic mass is 10.1. The van der Waals surface area contributed by atoms with Crippen LogP contribution in [0, 0.1) is 0 Å². The van der Waals surface area contributed by atoms with E-state index in [2.05, 4.69) is 0 Å². The van der Waals surface area contributed by atoms with E-state index in [1.54, 1.807) is 4.90 Å². The zero-order chi connectivity index (χ0) is 17.3. The fourth-order valence-corrected chi connectivity index (χ4v) is 3.30. The summed E-state index contributed by atoms with van der Waals surface area (Å²) in [6, 6.07) is 1.72. The molecule has 2 heterocycles. The van der Waals surface area contributed by atoms with Crippen molar-refractivity contribution in [3.05, 3.63) is 22.7 Å². The van der Waals surface area contributed by atoms with E-state index in [9.17, 15) is 19.8 Å². The van der Waals surface area contributed by atoms with Gasteiger partial charge in [0, 0.05) is 25.7 Å². The number of ether oxygens (including phenoxy) is 1. The second-order valence-corrected chi connectivity index (χ2v) is 6.32. The van der Waals surface area contributed by atoms with Crippen molar-refractivity contribution >= 4 is 23.4 Å². The Morgan fingerprint density at radius 1 is 1.12 bits per heavy atom. The molecule has 2 aliphatic heterocycles. The lowest BCUT2D eigenvalue weighted by Gasteiger charge is -2.32. The predicted octanol–water partition coefficient (Wildman–Crippen LogP) is 1.21. The lowest BCUT2D eigenvalue weighted by molar-refractivity contribution is -0.139. The highest BCUT2D eigenvalue weighted by Gasteiger charge is 2.38. The Balaban J connectivity index is 1.81. The third kappa shape index (κ3) is 3.14. The molecule has 8 heteroatoms. The van der Waals surface area contributed by atoms with Crippen LogP contribution in [0.4, 0.5) is 0 Å². The van der Waals surface area contributed by atoms with Crippen molar-refractivity contribution in [2.75, 3.05) is 32.8 Å². The van der Waals surface area contributed by atoms with E-state index in [4.69, 9.17) is 16.3 Å². The maximum atomic E-state index is 12.8. The number of likely N-dealkylation sites (tertiary alicyclic amines) is 1. The van der Waals surface area contributed by atoms with Gasteiger partial charge >= 0.3 is 0 Å². The molecule has 2 aliphatic rings. The first-order valence-electron chi connectivity index (χ1n) is 7.88. The summed E-state index contributed by atoms with van der Waals surface area (Å²) < 4.78 is 5.25. The van der Waals surface area contributed by atoms with Crippen LogP contribution in [0.25, 0.3) is 0 Å². The number of benzene rings is 1. The number of nitrogens with zero attached hydrogens (tertiary/aromatic N) is 2. The number of halogens is 1. The SMILES string of the molecule is O=C([C@H]1CCCN1C(=O)c1cc(Cl)c(O)cc1O)N1CCOCC1. The monoisotopic (exact) mass is 354 g/mol. The average molecular weight is 355 g/mol. The number of carbonyl (C=O) groups is 2. The number of morpholine rings is 1. The first-order chi connectivity index (χ1) is 11.5. The second-order valence-electron chi connectivity index (χ2n) is 5.92. The number of hydrogen-bond donors (Lipinski definition) is 2. The first kappa shape index (κ1) is 16.9. The molecular formula is C16H19ClN2O5. The Morgan fingerprint density at radius 3 is 2.54 bits per heavy atom. The van der Waals surface area contributed by atoms with E-state index in [1.165, 1.54) is 11.0 Å². The number of amides is 2. The minimum absolute atomic E-state index is 0.0144. The molecule has 0 spiro atoms. The molecule has 2 N–H and O–H groups in total. The number of aromatic hydroxyl groups is 2. The molecule has 1 aromatic carbocycles. The molecule has 1 aromatic rings. The van der Waals surface area contributed by atoms with Gasteiger partial charge in [0.1, 0.15) is 17.5 Å². The number of rotatable bonds is 2. The van der Waals surface area contributed by atoms with Gasteiger partial charge in [0.25, 0.3) is 5.91 Å². The number of phenols is 2. The minimum atomic E-state index is -0.539. The zero-order valence-electron chi connectivity index (χ0n) is 13.1. The molecule has 2 saturated heterocycles. The van der Waals surface area contributed by atoms with E-state index in [1.807, 2.05) is 0 Å². The molecule has 0 bridgehead atoms. The molecule has 3 rings (SSSR count).